The van der Waals surface area contributed by atoms with E-state index in [0.717, 1.165) is 0 Å². The summed E-state index contributed by atoms with van der Waals surface area (Å²) in [6.07, 6.45) is 3.13. The Labute approximate surface area is 122 Å². The zero-order valence-corrected chi connectivity index (χ0v) is 11.6. The van der Waals surface area contributed by atoms with E-state index in [2.05, 4.69) is 5.32 Å². The number of ether oxygens (including phenoxy) is 1. The van der Waals surface area contributed by atoms with Crippen molar-refractivity contribution in [2.24, 2.45) is 0 Å². The summed E-state index contributed by atoms with van der Waals surface area (Å²) in [5.74, 6) is 0.239. The average Bonchev–Trinajstić information content (AvgIpc) is 2.47. The molecule has 6 heteroatoms. The fraction of sp³-hybridized carbons (Fsp3) is 0.200. The second kappa shape index (κ2) is 4.91. The zero-order valence-electron chi connectivity index (χ0n) is 11.6. The standard InChI is InChI=1S/C15H16FN3O2/c1-18-14-7-15-10(6-13(14)16)8-19(20,9-21-15)12-4-2-11(17)3-5-12/h2-5,7-8,18H,6,9,17H2,1H3. The summed E-state index contributed by atoms with van der Waals surface area (Å²) in [6, 6.07) is 6.64. The number of quaternary nitrogens is 1. The summed E-state index contributed by atoms with van der Waals surface area (Å²) in [4.78, 5) is 0. The van der Waals surface area contributed by atoms with Crippen LogP contribution in [0.4, 0.5) is 15.8 Å². The summed E-state index contributed by atoms with van der Waals surface area (Å²) in [5, 5.41) is 15.6. The number of halogens is 1. The molecule has 1 aliphatic carbocycles. The number of hydrogen-bond donors (Lipinski definition) is 2. The van der Waals surface area contributed by atoms with Gasteiger partial charge >= 0.3 is 0 Å². The normalized spacial score (nSPS) is 24.7. The number of nitrogen functional groups attached to an aromatic ring is 1. The Hall–Kier alpha value is -2.31. The van der Waals surface area contributed by atoms with Crippen molar-refractivity contribution in [1.82, 2.24) is 9.96 Å². The molecule has 110 valence electrons. The van der Waals surface area contributed by atoms with Gasteiger partial charge in [0.25, 0.3) is 0 Å². The number of likely N-dealkylation sites (N-methyl/N-ethyl adjacent to an activating group) is 1. The lowest BCUT2D eigenvalue weighted by atomic mass is 10.0. The van der Waals surface area contributed by atoms with Crippen LogP contribution in [0.15, 0.2) is 59.4 Å². The zero-order chi connectivity index (χ0) is 15.0. The van der Waals surface area contributed by atoms with Gasteiger partial charge in [0.2, 0.25) is 6.73 Å². The van der Waals surface area contributed by atoms with Crippen LogP contribution in [0, 0.1) is 5.21 Å². The first-order valence-electron chi connectivity index (χ1n) is 6.60. The maximum atomic E-state index is 13.9. The molecule has 3 N–H and O–H groups in total. The van der Waals surface area contributed by atoms with E-state index in [1.807, 2.05) is 0 Å². The molecule has 1 unspecified atom stereocenters. The minimum Gasteiger partial charge on any atom is -0.620 e. The van der Waals surface area contributed by atoms with Gasteiger partial charge in [0.15, 0.2) is 0 Å². The molecule has 21 heavy (non-hydrogen) atoms. The highest BCUT2D eigenvalue weighted by Gasteiger charge is 2.31. The van der Waals surface area contributed by atoms with Crippen LogP contribution in [0.5, 0.6) is 0 Å². The molecule has 0 amide bonds. The van der Waals surface area contributed by atoms with E-state index in [9.17, 15) is 9.60 Å². The summed E-state index contributed by atoms with van der Waals surface area (Å²) < 4.78 is 18.6. The smallest absolute Gasteiger partial charge is 0.232 e. The number of nitrogens with zero attached hydrogens (tertiary/aromatic N) is 1. The van der Waals surface area contributed by atoms with Crippen LogP contribution in [0.25, 0.3) is 0 Å². The Morgan fingerprint density at radius 2 is 2.05 bits per heavy atom. The molecule has 0 saturated heterocycles. The molecule has 5 nitrogen and oxygen atoms in total. The van der Waals surface area contributed by atoms with E-state index in [4.69, 9.17) is 10.5 Å². The van der Waals surface area contributed by atoms with Crippen LogP contribution in [-0.2, 0) is 4.74 Å². The van der Waals surface area contributed by atoms with Gasteiger partial charge in [-0.25, -0.2) is 4.39 Å². The van der Waals surface area contributed by atoms with Crippen molar-refractivity contribution in [2.75, 3.05) is 19.5 Å². The molecule has 3 rings (SSSR count). The van der Waals surface area contributed by atoms with E-state index in [-0.39, 0.29) is 19.0 Å². The third-order valence-electron chi connectivity index (χ3n) is 3.61. The lowest BCUT2D eigenvalue weighted by Gasteiger charge is -2.42. The van der Waals surface area contributed by atoms with Crippen LogP contribution in [-0.4, -0.2) is 13.8 Å². The number of nitrogens with two attached hydrogens (primary N) is 1. The molecule has 2 aliphatic rings. The van der Waals surface area contributed by atoms with Gasteiger partial charge in [0, 0.05) is 37.4 Å². The first kappa shape index (κ1) is 13.7. The molecule has 0 saturated carbocycles. The van der Waals surface area contributed by atoms with Crippen molar-refractivity contribution in [3.63, 3.8) is 0 Å². The molecule has 1 heterocycles. The molecule has 0 aromatic heterocycles. The third kappa shape index (κ3) is 2.39. The Kier molecular flexibility index (Phi) is 3.19. The predicted molar refractivity (Wildman–Crippen MR) is 79.9 cm³/mol. The minimum absolute atomic E-state index is 0.0548. The van der Waals surface area contributed by atoms with Gasteiger partial charge < -0.3 is 21.0 Å². The number of hydrogen-bond acceptors (Lipinski definition) is 4. The monoisotopic (exact) mass is 289 g/mol. The number of rotatable bonds is 2. The first-order valence-corrected chi connectivity index (χ1v) is 6.60. The lowest BCUT2D eigenvalue weighted by molar-refractivity contribution is 0.124. The highest BCUT2D eigenvalue weighted by Crippen LogP contribution is 2.36. The molecular weight excluding hydrogens is 273 g/mol. The number of benzene rings is 1. The Bertz CT molecular complexity index is 664. The van der Waals surface area contributed by atoms with Crippen LogP contribution in [0.1, 0.15) is 6.42 Å². The van der Waals surface area contributed by atoms with Crippen LogP contribution in [0.2, 0.25) is 0 Å². The van der Waals surface area contributed by atoms with Crippen molar-refractivity contribution in [3.05, 3.63) is 64.6 Å². The second-order valence-electron chi connectivity index (χ2n) is 5.07. The van der Waals surface area contributed by atoms with E-state index in [1.165, 1.54) is 6.20 Å². The van der Waals surface area contributed by atoms with Gasteiger partial charge in [-0.05, 0) is 12.1 Å². The van der Waals surface area contributed by atoms with Crippen molar-refractivity contribution >= 4 is 11.4 Å². The van der Waals surface area contributed by atoms with E-state index in [1.54, 1.807) is 37.4 Å². The second-order valence-corrected chi connectivity index (χ2v) is 5.07. The largest absolute Gasteiger partial charge is 0.620 e. The predicted octanol–water partition coefficient (Wildman–Crippen LogP) is 2.63. The van der Waals surface area contributed by atoms with Crippen molar-refractivity contribution in [3.8, 4) is 0 Å². The SMILES string of the molecule is CNC1=C(F)CC2=C[N+]([O-])(c3ccc(N)cc3)COC2=C1. The molecule has 1 aliphatic heterocycles. The maximum absolute atomic E-state index is 13.9. The van der Waals surface area contributed by atoms with Gasteiger partial charge in [-0.15, -0.1) is 0 Å². The number of nitrogens with one attached hydrogen (secondary N) is 1. The lowest BCUT2D eigenvalue weighted by Crippen LogP contribution is -2.42. The molecule has 1 aromatic rings. The molecule has 1 aromatic carbocycles. The number of fused-ring (bicyclic) bond motifs is 1. The van der Waals surface area contributed by atoms with Gasteiger partial charge in [0.05, 0.1) is 11.3 Å². The third-order valence-corrected chi connectivity index (χ3v) is 3.61. The average molecular weight is 289 g/mol. The van der Waals surface area contributed by atoms with Gasteiger partial charge in [0.1, 0.15) is 23.5 Å². The Morgan fingerprint density at radius 1 is 1.33 bits per heavy atom. The highest BCUT2D eigenvalue weighted by molar-refractivity contribution is 5.55. The van der Waals surface area contributed by atoms with Crippen molar-refractivity contribution in [2.45, 2.75) is 6.42 Å². The van der Waals surface area contributed by atoms with Gasteiger partial charge in [-0.1, -0.05) is 0 Å². The number of anilines is 1. The van der Waals surface area contributed by atoms with Crippen molar-refractivity contribution in [1.29, 1.82) is 0 Å². The minimum atomic E-state index is -0.783. The van der Waals surface area contributed by atoms with Gasteiger partial charge in [-0.2, -0.15) is 0 Å². The van der Waals surface area contributed by atoms with E-state index in [0.29, 0.717) is 28.4 Å². The first-order chi connectivity index (χ1) is 10.0. The summed E-state index contributed by atoms with van der Waals surface area (Å²) >= 11 is 0. The molecule has 0 fully saturated rings. The van der Waals surface area contributed by atoms with Crippen molar-refractivity contribution < 1.29 is 9.13 Å². The van der Waals surface area contributed by atoms with Crippen LogP contribution in [0.3, 0.4) is 0 Å². The quantitative estimate of drug-likeness (QED) is 0.499. The maximum Gasteiger partial charge on any atom is 0.232 e. The molecule has 0 spiro atoms. The van der Waals surface area contributed by atoms with E-state index >= 15 is 0 Å². The summed E-state index contributed by atoms with van der Waals surface area (Å²) in [5.41, 5.74) is 7.66. The Balaban J connectivity index is 1.97. The van der Waals surface area contributed by atoms with E-state index < -0.39 is 4.65 Å². The number of hydroxylamine groups is 2. The Morgan fingerprint density at radius 3 is 2.71 bits per heavy atom. The fourth-order valence-corrected chi connectivity index (χ4v) is 2.43. The summed E-state index contributed by atoms with van der Waals surface area (Å²) in [7, 11) is 1.64. The molecule has 0 bridgehead atoms. The summed E-state index contributed by atoms with van der Waals surface area (Å²) in [6.45, 7) is -0.0855. The molecular formula is C15H16FN3O2. The number of allylic oxidation sites excluding steroid dienone is 3. The highest BCUT2D eigenvalue weighted by atomic mass is 19.1. The molecule has 0 radical (unpaired) electrons. The van der Waals surface area contributed by atoms with Gasteiger partial charge in [-0.3, -0.25) is 4.65 Å². The van der Waals surface area contributed by atoms with Crippen LogP contribution >= 0.6 is 0 Å². The van der Waals surface area contributed by atoms with Crippen LogP contribution < -0.4 is 15.7 Å². The topological polar surface area (TPSA) is 70.3 Å². The molecule has 1 atom stereocenters. The fourth-order valence-electron chi connectivity index (χ4n) is 2.43.